The molecule has 0 aromatic heterocycles. The summed E-state index contributed by atoms with van der Waals surface area (Å²) in [5.41, 5.74) is 0.756. The van der Waals surface area contributed by atoms with Crippen molar-refractivity contribution in [2.45, 2.75) is 25.9 Å². The number of hydrogen-bond donors (Lipinski definition) is 0. The van der Waals surface area contributed by atoms with Gasteiger partial charge in [-0.3, -0.25) is 4.79 Å². The summed E-state index contributed by atoms with van der Waals surface area (Å²) in [6, 6.07) is 3.26. The molecule has 6 heteroatoms. The molecule has 0 spiro atoms. The van der Waals surface area contributed by atoms with Crippen molar-refractivity contribution in [3.8, 4) is 5.75 Å². The average Bonchev–Trinajstić information content (AvgIpc) is 2.31. The molecule has 18 heavy (non-hydrogen) atoms. The van der Waals surface area contributed by atoms with Gasteiger partial charge in [0.1, 0.15) is 5.75 Å². The van der Waals surface area contributed by atoms with Gasteiger partial charge in [0.05, 0.1) is 22.7 Å². The van der Waals surface area contributed by atoms with Gasteiger partial charge in [0.15, 0.2) is 5.52 Å². The van der Waals surface area contributed by atoms with E-state index in [4.69, 9.17) is 27.9 Å². The molecule has 2 nitrogen and oxygen atoms in total. The average molecular weight is 300 g/mol. The number of methoxy groups -OCH3 is 1. The van der Waals surface area contributed by atoms with E-state index in [1.165, 1.54) is 7.11 Å². The first-order chi connectivity index (χ1) is 8.01. The van der Waals surface area contributed by atoms with Crippen LogP contribution in [0.2, 0.25) is 10.0 Å². The Hall–Kier alpha value is 0.297. The van der Waals surface area contributed by atoms with Crippen LogP contribution in [0.3, 0.4) is 0 Å². The third kappa shape index (κ3) is 4.44. The Balaban J connectivity index is 0.00000289. The van der Waals surface area contributed by atoms with Crippen molar-refractivity contribution in [3.63, 3.8) is 0 Å². The van der Waals surface area contributed by atoms with Crippen LogP contribution in [0.1, 0.15) is 30.6 Å². The quantitative estimate of drug-likeness (QED) is 0.600. The molecule has 1 aromatic carbocycles. The zero-order valence-electron chi connectivity index (χ0n) is 11.0. The van der Waals surface area contributed by atoms with E-state index < -0.39 is 0 Å². The minimum atomic E-state index is 0. The summed E-state index contributed by atoms with van der Waals surface area (Å²) in [6.07, 6.45) is 0.963. The Morgan fingerprint density at radius 3 is 2.44 bits per heavy atom. The molecule has 0 saturated heterocycles. The van der Waals surface area contributed by atoms with Gasteiger partial charge in [-0.2, -0.15) is 0 Å². The van der Waals surface area contributed by atoms with Gasteiger partial charge in [-0.05, 0) is 32.8 Å². The monoisotopic (exact) mass is 299 g/mol. The van der Waals surface area contributed by atoms with Gasteiger partial charge < -0.3 is 4.74 Å². The van der Waals surface area contributed by atoms with Crippen molar-refractivity contribution in [2.24, 2.45) is 0 Å². The van der Waals surface area contributed by atoms with Crippen molar-refractivity contribution < 1.29 is 9.53 Å². The standard InChI is InChI=1S/C12H15Cl2O2P.Li/c1-4-7(2)17-12(15)10-8(13)5-6-9(14)11(10)16-3;/h5-7,17H,4H2,1-3H3;. The number of benzene rings is 1. The summed E-state index contributed by atoms with van der Waals surface area (Å²) in [6.45, 7) is 4.10. The molecule has 0 N–H and O–H groups in total. The van der Waals surface area contributed by atoms with Crippen molar-refractivity contribution in [1.29, 1.82) is 0 Å². The predicted octanol–water partition coefficient (Wildman–Crippen LogP) is 4.24. The van der Waals surface area contributed by atoms with E-state index >= 15 is 0 Å². The molecule has 2 unspecified atom stereocenters. The van der Waals surface area contributed by atoms with E-state index in [2.05, 4.69) is 6.92 Å². The SMILES string of the molecule is CCC(C)PC(=O)c1c(Cl)ccc(Cl)c1OC.[Li]. The molecule has 0 bridgehead atoms. The molecular formula is C12H15Cl2LiO2P. The molecule has 0 aliphatic rings. The third-order valence-electron chi connectivity index (χ3n) is 2.48. The number of rotatable bonds is 5. The maximum Gasteiger partial charge on any atom is 0.186 e. The maximum atomic E-state index is 12.2. The van der Waals surface area contributed by atoms with E-state index in [0.29, 0.717) is 27.0 Å². The number of hydrogen-bond acceptors (Lipinski definition) is 2. The van der Waals surface area contributed by atoms with Gasteiger partial charge in [-0.1, -0.05) is 37.0 Å². The van der Waals surface area contributed by atoms with Crippen LogP contribution in [-0.2, 0) is 0 Å². The fourth-order valence-electron chi connectivity index (χ4n) is 1.34. The number of halogens is 2. The van der Waals surface area contributed by atoms with Gasteiger partial charge in [0.25, 0.3) is 0 Å². The fraction of sp³-hybridized carbons (Fsp3) is 0.417. The molecule has 1 rings (SSSR count). The predicted molar refractivity (Wildman–Crippen MR) is 81.2 cm³/mol. The second-order valence-corrected chi connectivity index (χ2v) is 6.26. The Kier molecular flexibility index (Phi) is 8.60. The van der Waals surface area contributed by atoms with Crippen LogP contribution >= 0.6 is 31.8 Å². The number of ether oxygens (including phenoxy) is 1. The fourth-order valence-corrected chi connectivity index (χ4v) is 2.94. The second-order valence-electron chi connectivity index (χ2n) is 3.72. The first-order valence-corrected chi connectivity index (χ1v) is 7.17. The van der Waals surface area contributed by atoms with Gasteiger partial charge >= 0.3 is 0 Å². The first kappa shape index (κ1) is 18.3. The van der Waals surface area contributed by atoms with Crippen molar-refractivity contribution in [3.05, 3.63) is 27.7 Å². The summed E-state index contributed by atoms with van der Waals surface area (Å²) in [4.78, 5) is 12.2. The topological polar surface area (TPSA) is 26.3 Å². The number of carbonyl (C=O) groups excluding carboxylic acids is 1. The second kappa shape index (κ2) is 8.46. The van der Waals surface area contributed by atoms with E-state index in [-0.39, 0.29) is 33.0 Å². The van der Waals surface area contributed by atoms with Crippen LogP contribution in [0.4, 0.5) is 0 Å². The summed E-state index contributed by atoms with van der Waals surface area (Å²) >= 11 is 12.0. The molecule has 0 aliphatic carbocycles. The van der Waals surface area contributed by atoms with Crippen LogP contribution in [0, 0.1) is 0 Å². The minimum Gasteiger partial charge on any atom is -0.494 e. The molecule has 1 aromatic rings. The maximum absolute atomic E-state index is 12.2. The zero-order chi connectivity index (χ0) is 13.0. The zero-order valence-corrected chi connectivity index (χ0v) is 13.5. The molecular weight excluding hydrogens is 285 g/mol. The van der Waals surface area contributed by atoms with Crippen LogP contribution < -0.4 is 4.74 Å². The van der Waals surface area contributed by atoms with Crippen molar-refractivity contribution in [2.75, 3.05) is 7.11 Å². The smallest absolute Gasteiger partial charge is 0.186 e. The molecule has 95 valence electrons. The van der Waals surface area contributed by atoms with Crippen LogP contribution in [0.5, 0.6) is 5.75 Å². The first-order valence-electron chi connectivity index (χ1n) is 5.34. The summed E-state index contributed by atoms with van der Waals surface area (Å²) in [5, 5.41) is 0.807. The normalized spacial score (nSPS) is 12.3. The van der Waals surface area contributed by atoms with Crippen LogP contribution in [-0.4, -0.2) is 37.2 Å². The Bertz CT molecular complexity index is 427. The van der Waals surface area contributed by atoms with Crippen molar-refractivity contribution in [1.82, 2.24) is 0 Å². The molecule has 0 heterocycles. The Labute approximate surface area is 132 Å². The summed E-state index contributed by atoms with van der Waals surface area (Å²) in [7, 11) is 1.67. The van der Waals surface area contributed by atoms with Gasteiger partial charge in [-0.15, -0.1) is 0 Å². The van der Waals surface area contributed by atoms with Gasteiger partial charge in [0.2, 0.25) is 0 Å². The van der Waals surface area contributed by atoms with Crippen molar-refractivity contribution >= 4 is 56.2 Å². The number of carbonyl (C=O) groups is 1. The molecule has 1 radical (unpaired) electrons. The Morgan fingerprint density at radius 1 is 1.39 bits per heavy atom. The van der Waals surface area contributed by atoms with E-state index in [1.807, 2.05) is 6.92 Å². The Morgan fingerprint density at radius 2 is 1.94 bits per heavy atom. The van der Waals surface area contributed by atoms with Gasteiger partial charge in [0, 0.05) is 18.9 Å². The summed E-state index contributed by atoms with van der Waals surface area (Å²) < 4.78 is 5.16. The molecule has 0 saturated carbocycles. The minimum absolute atomic E-state index is 0. The molecule has 0 amide bonds. The van der Waals surface area contributed by atoms with E-state index in [0.717, 1.165) is 6.42 Å². The van der Waals surface area contributed by atoms with Crippen LogP contribution in [0.25, 0.3) is 0 Å². The third-order valence-corrected chi connectivity index (χ3v) is 4.51. The van der Waals surface area contributed by atoms with Gasteiger partial charge in [-0.25, -0.2) is 0 Å². The molecule has 2 atom stereocenters. The largest absolute Gasteiger partial charge is 0.494 e. The summed E-state index contributed by atoms with van der Waals surface area (Å²) in [5.74, 6) is 0.375. The van der Waals surface area contributed by atoms with E-state index in [9.17, 15) is 4.79 Å². The molecule has 0 aliphatic heterocycles. The van der Waals surface area contributed by atoms with E-state index in [1.54, 1.807) is 12.1 Å². The molecule has 0 fully saturated rings. The van der Waals surface area contributed by atoms with Crippen LogP contribution in [0.15, 0.2) is 12.1 Å².